The molecule has 0 atom stereocenters. The summed E-state index contributed by atoms with van der Waals surface area (Å²) in [6.45, 7) is 1.11. The van der Waals surface area contributed by atoms with Crippen LogP contribution >= 0.6 is 0 Å². The molecule has 88 valence electrons. The monoisotopic (exact) mass is 224 g/mol. The van der Waals surface area contributed by atoms with Gasteiger partial charge in [0.1, 0.15) is 5.82 Å². The van der Waals surface area contributed by atoms with Crippen molar-refractivity contribution in [2.75, 3.05) is 13.1 Å². The molecule has 1 amide bonds. The van der Waals surface area contributed by atoms with E-state index in [-0.39, 0.29) is 11.7 Å². The molecule has 0 heterocycles. The number of carbonyl (C=O) groups excluding carboxylic acids is 1. The van der Waals surface area contributed by atoms with Crippen molar-refractivity contribution in [3.05, 3.63) is 35.6 Å². The molecule has 4 heteroatoms. The minimum atomic E-state index is -0.240. The Morgan fingerprint density at radius 1 is 1.31 bits per heavy atom. The highest BCUT2D eigenvalue weighted by Gasteiger charge is 1.99. The van der Waals surface area contributed by atoms with Crippen LogP contribution in [0, 0.1) is 5.82 Å². The van der Waals surface area contributed by atoms with E-state index >= 15 is 0 Å². The Kier molecular flexibility index (Phi) is 5.50. The van der Waals surface area contributed by atoms with Gasteiger partial charge in [0.25, 0.3) is 0 Å². The lowest BCUT2D eigenvalue weighted by atomic mass is 10.1. The maximum Gasteiger partial charge on any atom is 0.220 e. The zero-order valence-corrected chi connectivity index (χ0v) is 9.21. The molecule has 0 aliphatic heterocycles. The molecule has 0 aliphatic rings. The van der Waals surface area contributed by atoms with Crippen LogP contribution in [0.4, 0.5) is 4.39 Å². The summed E-state index contributed by atoms with van der Waals surface area (Å²) in [4.78, 5) is 11.2. The van der Waals surface area contributed by atoms with Crippen LogP contribution in [0.5, 0.6) is 0 Å². The van der Waals surface area contributed by atoms with Gasteiger partial charge in [0.2, 0.25) is 5.91 Å². The molecule has 0 radical (unpaired) electrons. The Balaban J connectivity index is 2.20. The number of amides is 1. The molecular weight excluding hydrogens is 207 g/mol. The van der Waals surface area contributed by atoms with Crippen molar-refractivity contribution in [3.8, 4) is 0 Å². The Labute approximate surface area is 94.8 Å². The number of nitrogens with two attached hydrogens (primary N) is 1. The first-order valence-corrected chi connectivity index (χ1v) is 5.43. The molecule has 1 aromatic carbocycles. The molecule has 0 saturated heterocycles. The van der Waals surface area contributed by atoms with Crippen LogP contribution < -0.4 is 11.1 Å². The van der Waals surface area contributed by atoms with Gasteiger partial charge in [0, 0.05) is 13.0 Å². The summed E-state index contributed by atoms with van der Waals surface area (Å²) in [5, 5.41) is 2.79. The van der Waals surface area contributed by atoms with Crippen molar-refractivity contribution >= 4 is 5.91 Å². The molecule has 0 bridgehead atoms. The van der Waals surface area contributed by atoms with Crippen LogP contribution in [0.25, 0.3) is 0 Å². The van der Waals surface area contributed by atoms with E-state index in [9.17, 15) is 9.18 Å². The minimum Gasteiger partial charge on any atom is -0.356 e. The molecule has 0 unspecified atom stereocenters. The molecule has 3 nitrogen and oxygen atoms in total. The van der Waals surface area contributed by atoms with E-state index in [1.54, 1.807) is 12.1 Å². The third-order valence-electron chi connectivity index (χ3n) is 2.26. The second-order valence-electron chi connectivity index (χ2n) is 3.62. The van der Waals surface area contributed by atoms with Gasteiger partial charge in [-0.2, -0.15) is 0 Å². The number of hydrogen-bond acceptors (Lipinski definition) is 2. The standard InChI is InChI=1S/C12H17FN2O/c13-11-5-3-10(4-6-11)7-9-15-12(16)2-1-8-14/h3-6H,1-2,7-9,14H2,(H,15,16). The molecule has 0 fully saturated rings. The normalized spacial score (nSPS) is 10.1. The number of hydrogen-bond donors (Lipinski definition) is 2. The number of nitrogens with one attached hydrogen (secondary N) is 1. The maximum atomic E-state index is 12.6. The SMILES string of the molecule is NCCCC(=O)NCCc1ccc(F)cc1. The van der Waals surface area contributed by atoms with E-state index in [2.05, 4.69) is 5.32 Å². The van der Waals surface area contributed by atoms with Crippen LogP contribution in [0.2, 0.25) is 0 Å². The van der Waals surface area contributed by atoms with Gasteiger partial charge in [-0.3, -0.25) is 4.79 Å². The predicted octanol–water partition coefficient (Wildman–Crippen LogP) is 1.22. The summed E-state index contributed by atoms with van der Waals surface area (Å²) in [6, 6.07) is 6.29. The van der Waals surface area contributed by atoms with Gasteiger partial charge >= 0.3 is 0 Å². The van der Waals surface area contributed by atoms with E-state index in [1.807, 2.05) is 0 Å². The third-order valence-corrected chi connectivity index (χ3v) is 2.26. The van der Waals surface area contributed by atoms with Gasteiger partial charge in [-0.15, -0.1) is 0 Å². The smallest absolute Gasteiger partial charge is 0.220 e. The zero-order valence-electron chi connectivity index (χ0n) is 9.21. The average Bonchev–Trinajstić information content (AvgIpc) is 2.29. The van der Waals surface area contributed by atoms with E-state index in [0.717, 1.165) is 5.56 Å². The van der Waals surface area contributed by atoms with Gasteiger partial charge in [0.05, 0.1) is 0 Å². The van der Waals surface area contributed by atoms with Crippen molar-refractivity contribution < 1.29 is 9.18 Å². The number of carbonyl (C=O) groups is 1. The topological polar surface area (TPSA) is 55.1 Å². The summed E-state index contributed by atoms with van der Waals surface area (Å²) in [7, 11) is 0. The molecule has 0 spiro atoms. The Morgan fingerprint density at radius 2 is 2.00 bits per heavy atom. The number of rotatable bonds is 6. The van der Waals surface area contributed by atoms with Gasteiger partial charge in [-0.05, 0) is 37.1 Å². The summed E-state index contributed by atoms with van der Waals surface area (Å²) in [5.41, 5.74) is 6.31. The molecule has 3 N–H and O–H groups in total. The fraction of sp³-hybridized carbons (Fsp3) is 0.417. The molecule has 1 rings (SSSR count). The fourth-order valence-corrected chi connectivity index (χ4v) is 1.35. The highest BCUT2D eigenvalue weighted by atomic mass is 19.1. The number of halogens is 1. The van der Waals surface area contributed by atoms with Crippen LogP contribution in [-0.4, -0.2) is 19.0 Å². The van der Waals surface area contributed by atoms with Crippen molar-refractivity contribution in [2.24, 2.45) is 5.73 Å². The van der Waals surface area contributed by atoms with E-state index in [4.69, 9.17) is 5.73 Å². The highest BCUT2D eigenvalue weighted by molar-refractivity contribution is 5.75. The van der Waals surface area contributed by atoms with Crippen LogP contribution in [0.15, 0.2) is 24.3 Å². The summed E-state index contributed by atoms with van der Waals surface area (Å²) in [6.07, 6.45) is 1.90. The lowest BCUT2D eigenvalue weighted by molar-refractivity contribution is -0.121. The predicted molar refractivity (Wildman–Crippen MR) is 61.4 cm³/mol. The zero-order chi connectivity index (χ0) is 11.8. The molecular formula is C12H17FN2O. The third kappa shape index (κ3) is 4.89. The lowest BCUT2D eigenvalue weighted by Crippen LogP contribution is -2.25. The van der Waals surface area contributed by atoms with Crippen molar-refractivity contribution in [3.63, 3.8) is 0 Å². The van der Waals surface area contributed by atoms with Crippen molar-refractivity contribution in [1.29, 1.82) is 0 Å². The Hall–Kier alpha value is -1.42. The van der Waals surface area contributed by atoms with E-state index < -0.39 is 0 Å². The van der Waals surface area contributed by atoms with Gasteiger partial charge in [-0.25, -0.2) is 4.39 Å². The van der Waals surface area contributed by atoms with Crippen LogP contribution in [0.3, 0.4) is 0 Å². The molecule has 1 aromatic rings. The Bertz CT molecular complexity index is 324. The van der Waals surface area contributed by atoms with Crippen LogP contribution in [-0.2, 0) is 11.2 Å². The first-order chi connectivity index (χ1) is 7.72. The van der Waals surface area contributed by atoms with Crippen molar-refractivity contribution in [1.82, 2.24) is 5.32 Å². The van der Waals surface area contributed by atoms with Crippen molar-refractivity contribution in [2.45, 2.75) is 19.3 Å². The van der Waals surface area contributed by atoms with Gasteiger partial charge in [0.15, 0.2) is 0 Å². The fourth-order valence-electron chi connectivity index (χ4n) is 1.35. The van der Waals surface area contributed by atoms with Gasteiger partial charge < -0.3 is 11.1 Å². The maximum absolute atomic E-state index is 12.6. The van der Waals surface area contributed by atoms with Gasteiger partial charge in [-0.1, -0.05) is 12.1 Å². The summed E-state index contributed by atoms with van der Waals surface area (Å²) < 4.78 is 12.6. The first kappa shape index (κ1) is 12.6. The molecule has 16 heavy (non-hydrogen) atoms. The minimum absolute atomic E-state index is 0.0209. The molecule has 0 aromatic heterocycles. The molecule has 0 saturated carbocycles. The van der Waals surface area contributed by atoms with E-state index in [0.29, 0.717) is 32.4 Å². The quantitative estimate of drug-likeness (QED) is 0.763. The number of benzene rings is 1. The largest absolute Gasteiger partial charge is 0.356 e. The van der Waals surface area contributed by atoms with Crippen LogP contribution in [0.1, 0.15) is 18.4 Å². The molecule has 0 aliphatic carbocycles. The second-order valence-corrected chi connectivity index (χ2v) is 3.62. The average molecular weight is 224 g/mol. The second kappa shape index (κ2) is 6.95. The summed E-state index contributed by atoms with van der Waals surface area (Å²) >= 11 is 0. The Morgan fingerprint density at radius 3 is 2.62 bits per heavy atom. The highest BCUT2D eigenvalue weighted by Crippen LogP contribution is 2.02. The first-order valence-electron chi connectivity index (χ1n) is 5.43. The van der Waals surface area contributed by atoms with E-state index in [1.165, 1.54) is 12.1 Å². The summed E-state index contributed by atoms with van der Waals surface area (Å²) in [5.74, 6) is -0.219. The lowest BCUT2D eigenvalue weighted by Gasteiger charge is -2.04.